The maximum absolute atomic E-state index is 10.3. The summed E-state index contributed by atoms with van der Waals surface area (Å²) in [6.07, 6.45) is 0.0276. The van der Waals surface area contributed by atoms with Crippen molar-refractivity contribution in [1.29, 1.82) is 0 Å². The zero-order valence-electron chi connectivity index (χ0n) is 23.1. The lowest BCUT2D eigenvalue weighted by Crippen LogP contribution is -2.58. The van der Waals surface area contributed by atoms with Gasteiger partial charge in [-0.1, -0.05) is 23.4 Å². The molecule has 1 aliphatic rings. The predicted octanol–water partition coefficient (Wildman–Crippen LogP) is -0.0324. The fourth-order valence-corrected chi connectivity index (χ4v) is 4.87. The molecule has 13 heteroatoms. The molecule has 1 saturated heterocycles. The topological polar surface area (TPSA) is 166 Å². The van der Waals surface area contributed by atoms with Crippen LogP contribution in [0.2, 0.25) is 0 Å². The van der Waals surface area contributed by atoms with Crippen molar-refractivity contribution in [1.82, 2.24) is 39.7 Å². The van der Waals surface area contributed by atoms with Gasteiger partial charge >= 0.3 is 0 Å². The second-order valence-electron chi connectivity index (χ2n) is 10.4. The average molecular weight is 577 g/mol. The first kappa shape index (κ1) is 29.8. The standard InChI is InChI=1S/C29H36N8O5/c38-26-25(42-29(41)28(40)27(26)39)20-37-19-24(33-34-37)18-36(17-23-9-3-6-12-32-23)14-13-35(15-21-7-1-4-10-30-21)16-22-8-2-5-11-31-22/h1-12,19,25-29,38-41H,13-18,20H2/t25-,26+,27+,28-,29+/m1/s1. The molecule has 1 aliphatic heterocycles. The SMILES string of the molecule is O[C@@H]1[C@@H](O)[C@@H](O)O[C@H](Cn2cc(CN(CCN(Cc3ccccn3)Cc3ccccn3)Cc3ccccn3)nn2)[C@@H]1O. The predicted molar refractivity (Wildman–Crippen MR) is 150 cm³/mol. The van der Waals surface area contributed by atoms with Crippen LogP contribution in [-0.4, -0.2) is 104 Å². The van der Waals surface area contributed by atoms with Gasteiger partial charge in [0, 0.05) is 64.1 Å². The van der Waals surface area contributed by atoms with Crippen LogP contribution in [0.25, 0.3) is 0 Å². The molecule has 5 atom stereocenters. The van der Waals surface area contributed by atoms with E-state index in [0.717, 1.165) is 23.6 Å². The average Bonchev–Trinajstić information content (AvgIpc) is 3.45. The highest BCUT2D eigenvalue weighted by atomic mass is 16.6. The lowest BCUT2D eigenvalue weighted by molar-refractivity contribution is -0.284. The van der Waals surface area contributed by atoms with Gasteiger partial charge in [0.05, 0.1) is 29.3 Å². The van der Waals surface area contributed by atoms with Crippen molar-refractivity contribution in [2.75, 3.05) is 13.1 Å². The lowest BCUT2D eigenvalue weighted by atomic mass is 9.99. The van der Waals surface area contributed by atoms with Crippen molar-refractivity contribution >= 4 is 0 Å². The van der Waals surface area contributed by atoms with E-state index in [4.69, 9.17) is 4.74 Å². The van der Waals surface area contributed by atoms with Gasteiger partial charge in [-0.05, 0) is 36.4 Å². The van der Waals surface area contributed by atoms with E-state index >= 15 is 0 Å². The summed E-state index contributed by atoms with van der Waals surface area (Å²) in [4.78, 5) is 18.1. The fourth-order valence-electron chi connectivity index (χ4n) is 4.87. The number of hydrogen-bond acceptors (Lipinski definition) is 12. The quantitative estimate of drug-likeness (QED) is 0.168. The van der Waals surface area contributed by atoms with Crippen molar-refractivity contribution in [3.8, 4) is 0 Å². The fraction of sp³-hybridized carbons (Fsp3) is 0.414. The van der Waals surface area contributed by atoms with E-state index in [1.54, 1.807) is 24.8 Å². The van der Waals surface area contributed by atoms with Gasteiger partial charge in [-0.3, -0.25) is 24.8 Å². The minimum atomic E-state index is -1.61. The summed E-state index contributed by atoms with van der Waals surface area (Å²) in [5.41, 5.74) is 3.56. The number of hydrogen-bond donors (Lipinski definition) is 4. The van der Waals surface area contributed by atoms with Crippen molar-refractivity contribution < 1.29 is 25.2 Å². The summed E-state index contributed by atoms with van der Waals surface area (Å²) >= 11 is 0. The van der Waals surface area contributed by atoms with Crippen LogP contribution in [-0.2, 0) is 37.5 Å². The number of aliphatic hydroxyl groups excluding tert-OH is 4. The molecule has 13 nitrogen and oxygen atoms in total. The van der Waals surface area contributed by atoms with Gasteiger partial charge in [0.1, 0.15) is 24.4 Å². The van der Waals surface area contributed by atoms with Crippen molar-refractivity contribution in [3.05, 3.63) is 102 Å². The molecule has 222 valence electrons. The second-order valence-corrected chi connectivity index (χ2v) is 10.4. The first-order chi connectivity index (χ1) is 20.4. The first-order valence-electron chi connectivity index (χ1n) is 13.9. The van der Waals surface area contributed by atoms with Crippen LogP contribution < -0.4 is 0 Å². The Morgan fingerprint density at radius 3 is 1.62 bits per heavy atom. The van der Waals surface area contributed by atoms with Gasteiger partial charge in [0.2, 0.25) is 0 Å². The Morgan fingerprint density at radius 1 is 0.643 bits per heavy atom. The molecule has 0 aliphatic carbocycles. The van der Waals surface area contributed by atoms with E-state index in [1.807, 2.05) is 54.6 Å². The Labute approximate surface area is 243 Å². The van der Waals surface area contributed by atoms with Gasteiger partial charge in [0.15, 0.2) is 6.29 Å². The van der Waals surface area contributed by atoms with Gasteiger partial charge in [0.25, 0.3) is 0 Å². The van der Waals surface area contributed by atoms with Gasteiger partial charge in [-0.2, -0.15) is 0 Å². The van der Waals surface area contributed by atoms with Crippen LogP contribution >= 0.6 is 0 Å². The van der Waals surface area contributed by atoms with Gasteiger partial charge < -0.3 is 25.2 Å². The Kier molecular flexibility index (Phi) is 10.3. The molecule has 4 aromatic heterocycles. The maximum Gasteiger partial charge on any atom is 0.184 e. The molecule has 0 amide bonds. The Bertz CT molecular complexity index is 1310. The van der Waals surface area contributed by atoms with Crippen molar-refractivity contribution in [2.45, 2.75) is 63.4 Å². The monoisotopic (exact) mass is 576 g/mol. The third-order valence-corrected chi connectivity index (χ3v) is 7.09. The molecule has 5 heterocycles. The molecule has 0 bridgehead atoms. The molecule has 4 aromatic rings. The van der Waals surface area contributed by atoms with Crippen LogP contribution in [0.4, 0.5) is 0 Å². The van der Waals surface area contributed by atoms with Crippen molar-refractivity contribution in [2.24, 2.45) is 0 Å². The first-order valence-corrected chi connectivity index (χ1v) is 13.9. The number of aromatic nitrogens is 6. The van der Waals surface area contributed by atoms with E-state index in [0.29, 0.717) is 38.4 Å². The molecule has 0 radical (unpaired) electrons. The summed E-state index contributed by atoms with van der Waals surface area (Å²) in [5, 5.41) is 48.4. The number of pyridine rings is 3. The van der Waals surface area contributed by atoms with Crippen LogP contribution in [0.1, 0.15) is 22.8 Å². The highest BCUT2D eigenvalue weighted by molar-refractivity contribution is 5.07. The molecule has 42 heavy (non-hydrogen) atoms. The summed E-state index contributed by atoms with van der Waals surface area (Å²) in [5.74, 6) is 0. The molecule has 0 aromatic carbocycles. The third-order valence-electron chi connectivity index (χ3n) is 7.09. The van der Waals surface area contributed by atoms with E-state index in [-0.39, 0.29) is 6.54 Å². The van der Waals surface area contributed by atoms with E-state index in [2.05, 4.69) is 35.1 Å². The summed E-state index contributed by atoms with van der Waals surface area (Å²) in [6, 6.07) is 17.6. The number of rotatable bonds is 13. The molecule has 1 fully saturated rings. The second kappa shape index (κ2) is 14.5. The molecular formula is C29H36N8O5. The Hall–Kier alpha value is -3.69. The number of nitrogens with zero attached hydrogens (tertiary/aromatic N) is 8. The Balaban J connectivity index is 1.27. The number of aliphatic hydroxyl groups is 4. The largest absolute Gasteiger partial charge is 0.388 e. The molecule has 4 N–H and O–H groups in total. The molecule has 0 saturated carbocycles. The smallest absolute Gasteiger partial charge is 0.184 e. The zero-order chi connectivity index (χ0) is 29.3. The van der Waals surface area contributed by atoms with Gasteiger partial charge in [-0.25, -0.2) is 4.68 Å². The van der Waals surface area contributed by atoms with E-state index < -0.39 is 30.7 Å². The minimum absolute atomic E-state index is 0.0389. The molecular weight excluding hydrogens is 540 g/mol. The number of ether oxygens (including phenoxy) is 1. The summed E-state index contributed by atoms with van der Waals surface area (Å²) < 4.78 is 6.78. The normalized spacial score (nSPS) is 22.6. The molecule has 0 spiro atoms. The Morgan fingerprint density at radius 2 is 1.14 bits per heavy atom. The van der Waals surface area contributed by atoms with Crippen LogP contribution in [0.3, 0.4) is 0 Å². The lowest BCUT2D eigenvalue weighted by Gasteiger charge is -2.38. The summed E-state index contributed by atoms with van der Waals surface area (Å²) in [6.45, 7) is 3.88. The van der Waals surface area contributed by atoms with Crippen LogP contribution in [0, 0.1) is 0 Å². The van der Waals surface area contributed by atoms with E-state index in [9.17, 15) is 20.4 Å². The highest BCUT2D eigenvalue weighted by Crippen LogP contribution is 2.21. The molecule has 5 rings (SSSR count). The zero-order valence-corrected chi connectivity index (χ0v) is 23.1. The van der Waals surface area contributed by atoms with E-state index in [1.165, 1.54) is 4.68 Å². The minimum Gasteiger partial charge on any atom is -0.388 e. The molecule has 0 unspecified atom stereocenters. The summed E-state index contributed by atoms with van der Waals surface area (Å²) in [7, 11) is 0. The van der Waals surface area contributed by atoms with Crippen molar-refractivity contribution in [3.63, 3.8) is 0 Å². The van der Waals surface area contributed by atoms with Crippen LogP contribution in [0.5, 0.6) is 0 Å². The van der Waals surface area contributed by atoms with Crippen LogP contribution in [0.15, 0.2) is 79.4 Å². The third kappa shape index (κ3) is 8.20. The maximum atomic E-state index is 10.3. The van der Waals surface area contributed by atoms with Gasteiger partial charge in [-0.15, -0.1) is 5.10 Å². The highest BCUT2D eigenvalue weighted by Gasteiger charge is 2.43.